The Bertz CT molecular complexity index is 548. The smallest absolute Gasteiger partial charge is 0.263 e. The fourth-order valence-electron chi connectivity index (χ4n) is 1.43. The highest BCUT2D eigenvalue weighted by molar-refractivity contribution is 5.63. The standard InChI is InChI=1S/C10H10N4O2/c1-6-3-4-8(14(15)16)5-9(6)10-11-7(2)12-13-10/h3-5H,1-2H3,(H,11,12,13). The molecule has 1 aromatic heterocycles. The number of aromatic amines is 1. The molecule has 0 saturated heterocycles. The molecule has 2 rings (SSSR count). The van der Waals surface area contributed by atoms with Gasteiger partial charge in [0.15, 0.2) is 5.82 Å². The topological polar surface area (TPSA) is 84.7 Å². The monoisotopic (exact) mass is 218 g/mol. The van der Waals surface area contributed by atoms with Crippen LogP contribution in [0.2, 0.25) is 0 Å². The normalized spacial score (nSPS) is 10.4. The Hall–Kier alpha value is -2.24. The minimum absolute atomic E-state index is 0.0445. The molecule has 2 aromatic rings. The zero-order valence-electron chi connectivity index (χ0n) is 8.89. The Morgan fingerprint density at radius 1 is 1.38 bits per heavy atom. The number of H-pyrrole nitrogens is 1. The van der Waals surface area contributed by atoms with Gasteiger partial charge in [0, 0.05) is 17.7 Å². The summed E-state index contributed by atoms with van der Waals surface area (Å²) in [5.74, 6) is 1.17. The molecule has 0 atom stereocenters. The fraction of sp³-hybridized carbons (Fsp3) is 0.200. The van der Waals surface area contributed by atoms with Crippen LogP contribution in [0.3, 0.4) is 0 Å². The average molecular weight is 218 g/mol. The van der Waals surface area contributed by atoms with Gasteiger partial charge in [0.2, 0.25) is 0 Å². The van der Waals surface area contributed by atoms with Gasteiger partial charge in [-0.25, -0.2) is 4.98 Å². The number of nitrogens with one attached hydrogen (secondary N) is 1. The summed E-state index contributed by atoms with van der Waals surface area (Å²) in [7, 11) is 0. The molecule has 0 amide bonds. The van der Waals surface area contributed by atoms with Crippen molar-refractivity contribution in [2.75, 3.05) is 0 Å². The lowest BCUT2D eigenvalue weighted by Gasteiger charge is -2.00. The third-order valence-corrected chi connectivity index (χ3v) is 2.27. The quantitative estimate of drug-likeness (QED) is 0.617. The van der Waals surface area contributed by atoms with Crippen molar-refractivity contribution in [2.45, 2.75) is 13.8 Å². The van der Waals surface area contributed by atoms with Gasteiger partial charge in [-0.05, 0) is 19.4 Å². The molecule has 82 valence electrons. The van der Waals surface area contributed by atoms with Crippen molar-refractivity contribution < 1.29 is 4.92 Å². The van der Waals surface area contributed by atoms with Crippen LogP contribution in [0.25, 0.3) is 11.4 Å². The van der Waals surface area contributed by atoms with Crippen molar-refractivity contribution in [3.63, 3.8) is 0 Å². The summed E-state index contributed by atoms with van der Waals surface area (Å²) in [6, 6.07) is 4.65. The highest BCUT2D eigenvalue weighted by Crippen LogP contribution is 2.24. The Labute approximate surface area is 91.5 Å². The van der Waals surface area contributed by atoms with Crippen LogP contribution in [-0.4, -0.2) is 20.1 Å². The molecule has 1 aromatic carbocycles. The third-order valence-electron chi connectivity index (χ3n) is 2.27. The van der Waals surface area contributed by atoms with Crippen molar-refractivity contribution in [2.24, 2.45) is 0 Å². The molecule has 1 heterocycles. The third kappa shape index (κ3) is 1.77. The molecule has 0 radical (unpaired) electrons. The highest BCUT2D eigenvalue weighted by Gasteiger charge is 2.12. The summed E-state index contributed by atoms with van der Waals surface area (Å²) >= 11 is 0. The van der Waals surface area contributed by atoms with E-state index >= 15 is 0 Å². The Kier molecular flexibility index (Phi) is 2.40. The number of nitro groups is 1. The average Bonchev–Trinajstić information content (AvgIpc) is 2.65. The molecule has 0 unspecified atom stereocenters. The molecule has 0 aliphatic heterocycles. The summed E-state index contributed by atoms with van der Waals surface area (Å²) in [5.41, 5.74) is 1.63. The van der Waals surface area contributed by atoms with Gasteiger partial charge in [0.25, 0.3) is 5.69 Å². The predicted octanol–water partition coefficient (Wildman–Crippen LogP) is 2.00. The van der Waals surface area contributed by atoms with E-state index in [-0.39, 0.29) is 5.69 Å². The van der Waals surface area contributed by atoms with E-state index in [2.05, 4.69) is 15.2 Å². The fourth-order valence-corrected chi connectivity index (χ4v) is 1.43. The lowest BCUT2D eigenvalue weighted by Crippen LogP contribution is -1.91. The van der Waals surface area contributed by atoms with Crippen molar-refractivity contribution in [3.05, 3.63) is 39.7 Å². The summed E-state index contributed by atoms with van der Waals surface area (Å²) in [6.45, 7) is 3.65. The van der Waals surface area contributed by atoms with E-state index in [1.54, 1.807) is 13.0 Å². The first-order chi connectivity index (χ1) is 7.58. The molecule has 6 nitrogen and oxygen atoms in total. The molecule has 0 bridgehead atoms. The number of non-ortho nitro benzene ring substituents is 1. The number of benzene rings is 1. The zero-order valence-corrected chi connectivity index (χ0v) is 8.89. The number of aryl methyl sites for hydroxylation is 2. The first-order valence-corrected chi connectivity index (χ1v) is 4.72. The number of aromatic nitrogens is 3. The number of rotatable bonds is 2. The summed E-state index contributed by atoms with van der Waals surface area (Å²) in [6.07, 6.45) is 0. The molecule has 0 spiro atoms. The van der Waals surface area contributed by atoms with Gasteiger partial charge in [-0.15, -0.1) is 0 Å². The van der Waals surface area contributed by atoms with Crippen LogP contribution in [0.5, 0.6) is 0 Å². The van der Waals surface area contributed by atoms with Gasteiger partial charge in [0.1, 0.15) is 5.82 Å². The molecular weight excluding hydrogens is 208 g/mol. The molecule has 0 fully saturated rings. The number of nitro benzene ring substituents is 1. The van der Waals surface area contributed by atoms with Gasteiger partial charge in [-0.2, -0.15) is 5.10 Å². The summed E-state index contributed by atoms with van der Waals surface area (Å²) < 4.78 is 0. The van der Waals surface area contributed by atoms with Crippen LogP contribution in [0.1, 0.15) is 11.4 Å². The van der Waals surface area contributed by atoms with E-state index in [1.165, 1.54) is 12.1 Å². The van der Waals surface area contributed by atoms with Crippen molar-refractivity contribution in [1.82, 2.24) is 15.2 Å². The molecule has 1 N–H and O–H groups in total. The first kappa shape index (κ1) is 10.3. The summed E-state index contributed by atoms with van der Waals surface area (Å²) in [5, 5.41) is 17.4. The van der Waals surface area contributed by atoms with E-state index in [1.807, 2.05) is 6.92 Å². The maximum Gasteiger partial charge on any atom is 0.270 e. The van der Waals surface area contributed by atoms with E-state index in [0.29, 0.717) is 17.2 Å². The molecule has 0 aliphatic carbocycles. The predicted molar refractivity (Wildman–Crippen MR) is 57.9 cm³/mol. The number of hydrogen-bond acceptors (Lipinski definition) is 4. The SMILES string of the molecule is Cc1nc(-c2cc([N+](=O)[O-])ccc2C)n[nH]1. The first-order valence-electron chi connectivity index (χ1n) is 4.72. The second-order valence-corrected chi connectivity index (χ2v) is 3.50. The second kappa shape index (κ2) is 3.73. The van der Waals surface area contributed by atoms with Crippen molar-refractivity contribution in [3.8, 4) is 11.4 Å². The Balaban J connectivity index is 2.55. The lowest BCUT2D eigenvalue weighted by molar-refractivity contribution is -0.384. The Morgan fingerprint density at radius 2 is 2.12 bits per heavy atom. The van der Waals surface area contributed by atoms with E-state index in [4.69, 9.17) is 0 Å². The van der Waals surface area contributed by atoms with Gasteiger partial charge in [-0.1, -0.05) is 6.07 Å². The van der Waals surface area contributed by atoms with E-state index < -0.39 is 4.92 Å². The van der Waals surface area contributed by atoms with Crippen LogP contribution in [0.15, 0.2) is 18.2 Å². The zero-order chi connectivity index (χ0) is 11.7. The molecule has 16 heavy (non-hydrogen) atoms. The highest BCUT2D eigenvalue weighted by atomic mass is 16.6. The maximum absolute atomic E-state index is 10.7. The molecule has 6 heteroatoms. The van der Waals surface area contributed by atoms with Gasteiger partial charge in [0.05, 0.1) is 4.92 Å². The van der Waals surface area contributed by atoms with Gasteiger partial charge < -0.3 is 0 Å². The van der Waals surface area contributed by atoms with Crippen LogP contribution >= 0.6 is 0 Å². The minimum Gasteiger partial charge on any atom is -0.263 e. The maximum atomic E-state index is 10.7. The molecule has 0 aliphatic rings. The minimum atomic E-state index is -0.428. The van der Waals surface area contributed by atoms with Gasteiger partial charge >= 0.3 is 0 Å². The number of nitrogens with zero attached hydrogens (tertiary/aromatic N) is 3. The van der Waals surface area contributed by atoms with E-state index in [0.717, 1.165) is 5.56 Å². The largest absolute Gasteiger partial charge is 0.270 e. The van der Waals surface area contributed by atoms with Crippen molar-refractivity contribution in [1.29, 1.82) is 0 Å². The Morgan fingerprint density at radius 3 is 2.69 bits per heavy atom. The van der Waals surface area contributed by atoms with Crippen molar-refractivity contribution >= 4 is 5.69 Å². The number of hydrogen-bond donors (Lipinski definition) is 1. The molecule has 0 saturated carbocycles. The van der Waals surface area contributed by atoms with Gasteiger partial charge in [-0.3, -0.25) is 15.2 Å². The second-order valence-electron chi connectivity index (χ2n) is 3.50. The summed E-state index contributed by atoms with van der Waals surface area (Å²) in [4.78, 5) is 14.4. The van der Waals surface area contributed by atoms with E-state index in [9.17, 15) is 10.1 Å². The van der Waals surface area contributed by atoms with Crippen LogP contribution in [0, 0.1) is 24.0 Å². The van der Waals surface area contributed by atoms with Crippen LogP contribution < -0.4 is 0 Å². The molecular formula is C10H10N4O2. The lowest BCUT2D eigenvalue weighted by atomic mass is 10.1. The van der Waals surface area contributed by atoms with Crippen LogP contribution in [0.4, 0.5) is 5.69 Å². The van der Waals surface area contributed by atoms with Crippen LogP contribution in [-0.2, 0) is 0 Å².